The molecule has 6 heteroatoms. The topological polar surface area (TPSA) is 52.6 Å². The Bertz CT molecular complexity index is 693. The van der Waals surface area contributed by atoms with Crippen molar-refractivity contribution in [3.8, 4) is 0 Å². The van der Waals surface area contributed by atoms with Gasteiger partial charge in [0, 0.05) is 49.8 Å². The average Bonchev–Trinajstić information content (AvgIpc) is 3.21. The predicted molar refractivity (Wildman–Crippen MR) is 119 cm³/mol. The summed E-state index contributed by atoms with van der Waals surface area (Å²) < 4.78 is 0. The molecule has 0 spiro atoms. The number of likely N-dealkylation sites (tertiary alicyclic amines) is 1. The molecule has 28 heavy (non-hydrogen) atoms. The number of aromatic nitrogens is 1. The molecule has 1 fully saturated rings. The highest BCUT2D eigenvalue weighted by Crippen LogP contribution is 2.15. The molecule has 1 atom stereocenters. The van der Waals surface area contributed by atoms with Crippen molar-refractivity contribution >= 4 is 17.3 Å². The summed E-state index contributed by atoms with van der Waals surface area (Å²) in [6.45, 7) is 9.30. The Hall–Kier alpha value is -1.92. The SMILES string of the molecule is CCNC(=NCC(C)Cc1cccs1)NC1CCN(Cc2ccccn2)CC1. The van der Waals surface area contributed by atoms with Crippen molar-refractivity contribution in [1.82, 2.24) is 20.5 Å². The van der Waals surface area contributed by atoms with E-state index >= 15 is 0 Å². The molecule has 3 heterocycles. The van der Waals surface area contributed by atoms with Crippen LogP contribution in [-0.2, 0) is 13.0 Å². The van der Waals surface area contributed by atoms with E-state index < -0.39 is 0 Å². The van der Waals surface area contributed by atoms with Gasteiger partial charge in [-0.2, -0.15) is 0 Å². The number of thiophene rings is 1. The third kappa shape index (κ3) is 6.91. The van der Waals surface area contributed by atoms with Gasteiger partial charge in [0.25, 0.3) is 0 Å². The van der Waals surface area contributed by atoms with Crippen LogP contribution in [0.25, 0.3) is 0 Å². The second-order valence-corrected chi connectivity index (χ2v) is 8.66. The predicted octanol–water partition coefficient (Wildman–Crippen LogP) is 3.54. The Labute approximate surface area is 173 Å². The second-order valence-electron chi connectivity index (χ2n) is 7.62. The molecule has 1 aliphatic rings. The van der Waals surface area contributed by atoms with Crippen molar-refractivity contribution in [3.05, 3.63) is 52.5 Å². The number of pyridine rings is 1. The summed E-state index contributed by atoms with van der Waals surface area (Å²) >= 11 is 1.84. The van der Waals surface area contributed by atoms with Gasteiger partial charge in [0.15, 0.2) is 5.96 Å². The summed E-state index contributed by atoms with van der Waals surface area (Å²) in [4.78, 5) is 13.2. The molecule has 2 N–H and O–H groups in total. The van der Waals surface area contributed by atoms with Crippen molar-refractivity contribution in [2.24, 2.45) is 10.9 Å². The van der Waals surface area contributed by atoms with Crippen molar-refractivity contribution in [2.75, 3.05) is 26.2 Å². The van der Waals surface area contributed by atoms with E-state index in [1.165, 1.54) is 4.88 Å². The van der Waals surface area contributed by atoms with Gasteiger partial charge >= 0.3 is 0 Å². The molecule has 0 aromatic carbocycles. The normalized spacial score (nSPS) is 17.4. The molecule has 2 aromatic heterocycles. The molecule has 1 saturated heterocycles. The number of hydrogen-bond acceptors (Lipinski definition) is 4. The van der Waals surface area contributed by atoms with Gasteiger partial charge < -0.3 is 10.6 Å². The minimum Gasteiger partial charge on any atom is -0.357 e. The molecule has 0 bridgehead atoms. The number of nitrogens with one attached hydrogen (secondary N) is 2. The molecular formula is C22H33N5S. The Kier molecular flexibility index (Phi) is 8.30. The van der Waals surface area contributed by atoms with E-state index in [-0.39, 0.29) is 0 Å². The molecule has 0 saturated carbocycles. The summed E-state index contributed by atoms with van der Waals surface area (Å²) in [6, 6.07) is 11.0. The van der Waals surface area contributed by atoms with Crippen LogP contribution in [0.5, 0.6) is 0 Å². The van der Waals surface area contributed by atoms with Gasteiger partial charge in [-0.3, -0.25) is 14.9 Å². The molecule has 0 aliphatic carbocycles. The molecule has 0 radical (unpaired) electrons. The number of hydrogen-bond donors (Lipinski definition) is 2. The number of piperidine rings is 1. The molecule has 1 aliphatic heterocycles. The maximum atomic E-state index is 4.85. The lowest BCUT2D eigenvalue weighted by atomic mass is 10.0. The van der Waals surface area contributed by atoms with Crippen LogP contribution in [0.3, 0.4) is 0 Å². The fraction of sp³-hybridized carbons (Fsp3) is 0.545. The lowest BCUT2D eigenvalue weighted by molar-refractivity contribution is 0.196. The van der Waals surface area contributed by atoms with Gasteiger partial charge in [0.05, 0.1) is 5.69 Å². The molecule has 5 nitrogen and oxygen atoms in total. The van der Waals surface area contributed by atoms with Gasteiger partial charge in [-0.15, -0.1) is 11.3 Å². The first kappa shape index (κ1) is 20.8. The Morgan fingerprint density at radius 1 is 1.29 bits per heavy atom. The van der Waals surface area contributed by atoms with E-state index in [2.05, 4.69) is 64.0 Å². The maximum absolute atomic E-state index is 4.85. The summed E-state index contributed by atoms with van der Waals surface area (Å²) in [6.07, 6.45) is 5.26. The Balaban J connectivity index is 1.43. The fourth-order valence-corrected chi connectivity index (χ4v) is 4.42. The minimum absolute atomic E-state index is 0.491. The zero-order valence-electron chi connectivity index (χ0n) is 17.1. The highest BCUT2D eigenvalue weighted by Gasteiger charge is 2.20. The maximum Gasteiger partial charge on any atom is 0.191 e. The zero-order chi connectivity index (χ0) is 19.6. The Morgan fingerprint density at radius 3 is 2.82 bits per heavy atom. The highest BCUT2D eigenvalue weighted by molar-refractivity contribution is 7.09. The van der Waals surface area contributed by atoms with E-state index in [0.717, 1.165) is 63.6 Å². The first-order valence-corrected chi connectivity index (χ1v) is 11.3. The summed E-state index contributed by atoms with van der Waals surface area (Å²) in [7, 11) is 0. The van der Waals surface area contributed by atoms with Crippen molar-refractivity contribution < 1.29 is 0 Å². The van der Waals surface area contributed by atoms with E-state index in [4.69, 9.17) is 4.99 Å². The quantitative estimate of drug-likeness (QED) is 0.527. The van der Waals surface area contributed by atoms with E-state index in [0.29, 0.717) is 12.0 Å². The summed E-state index contributed by atoms with van der Waals surface area (Å²) in [5.74, 6) is 1.51. The third-order valence-electron chi connectivity index (χ3n) is 5.08. The number of aliphatic imine (C=N–C) groups is 1. The van der Waals surface area contributed by atoms with Crippen LogP contribution in [0.15, 0.2) is 46.9 Å². The number of rotatable bonds is 8. The van der Waals surface area contributed by atoms with Crippen molar-refractivity contribution in [2.45, 2.75) is 45.7 Å². The van der Waals surface area contributed by atoms with Crippen LogP contribution >= 0.6 is 11.3 Å². The molecular weight excluding hydrogens is 366 g/mol. The van der Waals surface area contributed by atoms with Gasteiger partial charge in [0.2, 0.25) is 0 Å². The largest absolute Gasteiger partial charge is 0.357 e. The van der Waals surface area contributed by atoms with E-state index in [1.807, 2.05) is 23.6 Å². The smallest absolute Gasteiger partial charge is 0.191 e. The van der Waals surface area contributed by atoms with Crippen LogP contribution in [-0.4, -0.2) is 48.1 Å². The van der Waals surface area contributed by atoms with Gasteiger partial charge in [-0.25, -0.2) is 0 Å². The Morgan fingerprint density at radius 2 is 2.14 bits per heavy atom. The summed E-state index contributed by atoms with van der Waals surface area (Å²) in [5, 5.41) is 9.22. The van der Waals surface area contributed by atoms with Crippen LogP contribution in [0.1, 0.15) is 37.3 Å². The first-order chi connectivity index (χ1) is 13.7. The average molecular weight is 400 g/mol. The molecule has 0 amide bonds. The van der Waals surface area contributed by atoms with Crippen molar-refractivity contribution in [1.29, 1.82) is 0 Å². The van der Waals surface area contributed by atoms with E-state index in [1.54, 1.807) is 0 Å². The molecule has 3 rings (SSSR count). The monoisotopic (exact) mass is 399 g/mol. The van der Waals surface area contributed by atoms with Crippen LogP contribution < -0.4 is 10.6 Å². The fourth-order valence-electron chi connectivity index (χ4n) is 3.55. The number of guanidine groups is 1. The van der Waals surface area contributed by atoms with Gasteiger partial charge in [0.1, 0.15) is 0 Å². The molecule has 2 aromatic rings. The lowest BCUT2D eigenvalue weighted by Gasteiger charge is -2.33. The molecule has 1 unspecified atom stereocenters. The zero-order valence-corrected chi connectivity index (χ0v) is 17.9. The van der Waals surface area contributed by atoms with Crippen molar-refractivity contribution in [3.63, 3.8) is 0 Å². The lowest BCUT2D eigenvalue weighted by Crippen LogP contribution is -2.48. The van der Waals surface area contributed by atoms with Crippen LogP contribution in [0.2, 0.25) is 0 Å². The third-order valence-corrected chi connectivity index (χ3v) is 5.97. The van der Waals surface area contributed by atoms with Crippen LogP contribution in [0.4, 0.5) is 0 Å². The second kappa shape index (κ2) is 11.2. The molecule has 152 valence electrons. The van der Waals surface area contributed by atoms with Gasteiger partial charge in [-0.05, 0) is 55.7 Å². The summed E-state index contributed by atoms with van der Waals surface area (Å²) in [5.41, 5.74) is 1.16. The van der Waals surface area contributed by atoms with Gasteiger partial charge in [-0.1, -0.05) is 19.1 Å². The van der Waals surface area contributed by atoms with Crippen LogP contribution in [0, 0.1) is 5.92 Å². The standard InChI is InChI=1S/C22H33N5S/c1-3-23-22(25-16-18(2)15-21-8-6-14-28-21)26-19-9-12-27(13-10-19)17-20-7-4-5-11-24-20/h4-8,11,14,18-19H,3,9-10,12-13,15-17H2,1-2H3,(H2,23,25,26). The first-order valence-electron chi connectivity index (χ1n) is 10.4. The minimum atomic E-state index is 0.491. The number of nitrogens with zero attached hydrogens (tertiary/aromatic N) is 3. The van der Waals surface area contributed by atoms with E-state index in [9.17, 15) is 0 Å². The highest BCUT2D eigenvalue weighted by atomic mass is 32.1.